The summed E-state index contributed by atoms with van der Waals surface area (Å²) in [5.41, 5.74) is 5.12. The summed E-state index contributed by atoms with van der Waals surface area (Å²) in [5, 5.41) is 3.30. The molecule has 0 fully saturated rings. The Bertz CT molecular complexity index is 134. The lowest BCUT2D eigenvalue weighted by Gasteiger charge is -2.20. The smallest absolute Gasteiger partial charge is 0.218 e. The molecule has 1 unspecified atom stereocenters. The van der Waals surface area contributed by atoms with Crippen molar-refractivity contribution in [3.63, 3.8) is 0 Å². The van der Waals surface area contributed by atoms with E-state index in [1.165, 1.54) is 0 Å². The molecule has 0 aromatic heterocycles. The molecule has 72 valence electrons. The van der Waals surface area contributed by atoms with Crippen LogP contribution in [0, 0.1) is 5.92 Å². The number of rotatable bonds is 6. The minimum atomic E-state index is -0.225. The second-order valence-corrected chi connectivity index (χ2v) is 3.48. The van der Waals surface area contributed by atoms with Gasteiger partial charge >= 0.3 is 0 Å². The molecule has 0 aliphatic rings. The Labute approximate surface area is 74.7 Å². The van der Waals surface area contributed by atoms with Gasteiger partial charge in [-0.2, -0.15) is 0 Å². The Balaban J connectivity index is 3.78. The lowest BCUT2D eigenvalue weighted by Crippen LogP contribution is -2.37. The van der Waals surface area contributed by atoms with E-state index in [1.807, 2.05) is 0 Å². The molecule has 3 nitrogen and oxygen atoms in total. The molecule has 0 rings (SSSR count). The predicted molar refractivity (Wildman–Crippen MR) is 50.7 cm³/mol. The third-order valence-electron chi connectivity index (χ3n) is 1.88. The minimum absolute atomic E-state index is 0.225. The van der Waals surface area contributed by atoms with Crippen molar-refractivity contribution in [3.05, 3.63) is 0 Å². The number of hydrogen-bond donors (Lipinski definition) is 2. The maximum Gasteiger partial charge on any atom is 0.218 e. The molecule has 0 saturated heterocycles. The highest BCUT2D eigenvalue weighted by Crippen LogP contribution is 2.05. The molecule has 0 radical (unpaired) electrons. The summed E-state index contributed by atoms with van der Waals surface area (Å²) < 4.78 is 0. The van der Waals surface area contributed by atoms with Crippen LogP contribution in [0.3, 0.4) is 0 Å². The van der Waals surface area contributed by atoms with E-state index in [4.69, 9.17) is 5.73 Å². The van der Waals surface area contributed by atoms with E-state index in [2.05, 4.69) is 26.1 Å². The van der Waals surface area contributed by atoms with Gasteiger partial charge in [0, 0.05) is 12.5 Å². The Hall–Kier alpha value is -0.570. The average molecular weight is 172 g/mol. The summed E-state index contributed by atoms with van der Waals surface area (Å²) in [6.45, 7) is 7.25. The average Bonchev–Trinajstić information content (AvgIpc) is 1.96. The number of carbonyl (C=O) groups excluding carboxylic acids is 1. The Morgan fingerprint density at radius 3 is 2.42 bits per heavy atom. The zero-order valence-electron chi connectivity index (χ0n) is 8.26. The van der Waals surface area contributed by atoms with Gasteiger partial charge in [0.05, 0.1) is 0 Å². The van der Waals surface area contributed by atoms with Crippen molar-refractivity contribution < 1.29 is 4.79 Å². The summed E-state index contributed by atoms with van der Waals surface area (Å²) in [6, 6.07) is 0.238. The van der Waals surface area contributed by atoms with Crippen LogP contribution in [0.1, 0.15) is 33.6 Å². The van der Waals surface area contributed by atoms with Crippen molar-refractivity contribution in [3.8, 4) is 0 Å². The van der Waals surface area contributed by atoms with Crippen molar-refractivity contribution in [1.29, 1.82) is 0 Å². The van der Waals surface area contributed by atoms with Crippen LogP contribution in [0.15, 0.2) is 0 Å². The van der Waals surface area contributed by atoms with Crippen molar-refractivity contribution in [2.24, 2.45) is 11.7 Å². The third kappa shape index (κ3) is 5.13. The first-order valence-corrected chi connectivity index (χ1v) is 4.59. The largest absolute Gasteiger partial charge is 0.370 e. The summed E-state index contributed by atoms with van der Waals surface area (Å²) in [4.78, 5) is 10.7. The standard InChI is InChI=1S/C9H20N2O/c1-4-5-11-8(7(2)3)6-9(10)12/h7-8,11H,4-6H2,1-3H3,(H2,10,12). The van der Waals surface area contributed by atoms with Crippen LogP contribution in [0.5, 0.6) is 0 Å². The molecule has 12 heavy (non-hydrogen) atoms. The lowest BCUT2D eigenvalue weighted by atomic mass is 10.0. The van der Waals surface area contributed by atoms with E-state index in [0.29, 0.717) is 12.3 Å². The molecular formula is C9H20N2O. The zero-order valence-corrected chi connectivity index (χ0v) is 8.26. The number of nitrogens with one attached hydrogen (secondary N) is 1. The normalized spacial score (nSPS) is 13.3. The second kappa shape index (κ2) is 6.00. The van der Waals surface area contributed by atoms with Gasteiger partial charge in [-0.1, -0.05) is 20.8 Å². The molecule has 0 saturated carbocycles. The molecule has 0 bridgehead atoms. The van der Waals surface area contributed by atoms with Gasteiger partial charge in [-0.3, -0.25) is 4.79 Å². The van der Waals surface area contributed by atoms with Gasteiger partial charge in [-0.05, 0) is 18.9 Å². The summed E-state index contributed by atoms with van der Waals surface area (Å²) >= 11 is 0. The second-order valence-electron chi connectivity index (χ2n) is 3.48. The van der Waals surface area contributed by atoms with E-state index in [0.717, 1.165) is 13.0 Å². The molecule has 0 aromatic carbocycles. The highest BCUT2D eigenvalue weighted by atomic mass is 16.1. The fourth-order valence-corrected chi connectivity index (χ4v) is 1.09. The summed E-state index contributed by atoms with van der Waals surface area (Å²) in [5.74, 6) is 0.237. The van der Waals surface area contributed by atoms with Gasteiger partial charge in [-0.15, -0.1) is 0 Å². The summed E-state index contributed by atoms with van der Waals surface area (Å²) in [6.07, 6.45) is 1.53. The SMILES string of the molecule is CCCNC(CC(N)=O)C(C)C. The van der Waals surface area contributed by atoms with Gasteiger partial charge in [0.2, 0.25) is 5.91 Å². The van der Waals surface area contributed by atoms with E-state index < -0.39 is 0 Å². The Morgan fingerprint density at radius 2 is 2.08 bits per heavy atom. The van der Waals surface area contributed by atoms with Gasteiger partial charge in [-0.25, -0.2) is 0 Å². The molecule has 1 amide bonds. The molecule has 3 heteroatoms. The molecular weight excluding hydrogens is 152 g/mol. The summed E-state index contributed by atoms with van der Waals surface area (Å²) in [7, 11) is 0. The van der Waals surface area contributed by atoms with Crippen LogP contribution in [0.2, 0.25) is 0 Å². The molecule has 0 heterocycles. The molecule has 0 aliphatic heterocycles. The maximum atomic E-state index is 10.7. The highest BCUT2D eigenvalue weighted by Gasteiger charge is 2.14. The number of amides is 1. The molecule has 1 atom stereocenters. The van der Waals surface area contributed by atoms with E-state index >= 15 is 0 Å². The number of hydrogen-bond acceptors (Lipinski definition) is 2. The van der Waals surface area contributed by atoms with Crippen LogP contribution in [-0.2, 0) is 4.79 Å². The van der Waals surface area contributed by atoms with Crippen LogP contribution in [0.4, 0.5) is 0 Å². The maximum absolute atomic E-state index is 10.7. The van der Waals surface area contributed by atoms with Crippen LogP contribution in [-0.4, -0.2) is 18.5 Å². The van der Waals surface area contributed by atoms with Gasteiger partial charge in [0.25, 0.3) is 0 Å². The first-order chi connectivity index (χ1) is 5.57. The quantitative estimate of drug-likeness (QED) is 0.625. The number of primary amides is 1. The highest BCUT2D eigenvalue weighted by molar-refractivity contribution is 5.74. The van der Waals surface area contributed by atoms with Crippen molar-refractivity contribution in [1.82, 2.24) is 5.32 Å². The van der Waals surface area contributed by atoms with Gasteiger partial charge < -0.3 is 11.1 Å². The molecule has 0 aromatic rings. The Morgan fingerprint density at radius 1 is 1.50 bits per heavy atom. The fraction of sp³-hybridized carbons (Fsp3) is 0.889. The molecule has 0 aliphatic carbocycles. The van der Waals surface area contributed by atoms with Crippen molar-refractivity contribution in [2.75, 3.05) is 6.54 Å². The fourth-order valence-electron chi connectivity index (χ4n) is 1.09. The van der Waals surface area contributed by atoms with Crippen molar-refractivity contribution >= 4 is 5.91 Å². The van der Waals surface area contributed by atoms with Crippen molar-refractivity contribution in [2.45, 2.75) is 39.7 Å². The zero-order chi connectivity index (χ0) is 9.56. The van der Waals surface area contributed by atoms with E-state index in [-0.39, 0.29) is 11.9 Å². The number of nitrogens with two attached hydrogens (primary N) is 1. The topological polar surface area (TPSA) is 55.1 Å². The minimum Gasteiger partial charge on any atom is -0.370 e. The van der Waals surface area contributed by atoms with Crippen LogP contribution in [0.25, 0.3) is 0 Å². The van der Waals surface area contributed by atoms with Crippen LogP contribution < -0.4 is 11.1 Å². The van der Waals surface area contributed by atoms with Gasteiger partial charge in [0.15, 0.2) is 0 Å². The first kappa shape index (κ1) is 11.4. The molecule has 0 spiro atoms. The predicted octanol–water partition coefficient (Wildman–Crippen LogP) is 0.886. The first-order valence-electron chi connectivity index (χ1n) is 4.59. The third-order valence-corrected chi connectivity index (χ3v) is 1.88. The Kier molecular flexibility index (Phi) is 5.72. The molecule has 3 N–H and O–H groups in total. The monoisotopic (exact) mass is 172 g/mol. The van der Waals surface area contributed by atoms with Gasteiger partial charge in [0.1, 0.15) is 0 Å². The van der Waals surface area contributed by atoms with E-state index in [9.17, 15) is 4.79 Å². The van der Waals surface area contributed by atoms with E-state index in [1.54, 1.807) is 0 Å². The van der Waals surface area contributed by atoms with Crippen LogP contribution >= 0.6 is 0 Å². The lowest BCUT2D eigenvalue weighted by molar-refractivity contribution is -0.118. The number of carbonyl (C=O) groups is 1.